The van der Waals surface area contributed by atoms with Crippen molar-refractivity contribution in [2.75, 3.05) is 26.7 Å². The number of aryl methyl sites for hydroxylation is 1. The summed E-state index contributed by atoms with van der Waals surface area (Å²) in [6.07, 6.45) is 3.96. The van der Waals surface area contributed by atoms with Crippen LogP contribution in [0.4, 0.5) is 0 Å². The van der Waals surface area contributed by atoms with Crippen molar-refractivity contribution in [3.63, 3.8) is 0 Å². The van der Waals surface area contributed by atoms with Crippen LogP contribution in [0.5, 0.6) is 0 Å². The molecule has 1 aliphatic rings. The molecule has 0 aliphatic carbocycles. The van der Waals surface area contributed by atoms with Crippen molar-refractivity contribution in [1.29, 1.82) is 0 Å². The first-order valence-corrected chi connectivity index (χ1v) is 10.1. The Bertz CT molecular complexity index is 717. The molecule has 26 heavy (non-hydrogen) atoms. The van der Waals surface area contributed by atoms with Gasteiger partial charge in [-0.2, -0.15) is 5.10 Å². The fourth-order valence-electron chi connectivity index (χ4n) is 3.80. The van der Waals surface area contributed by atoms with E-state index in [1.807, 2.05) is 18.2 Å². The summed E-state index contributed by atoms with van der Waals surface area (Å²) in [4.78, 5) is 2.43. The van der Waals surface area contributed by atoms with Crippen LogP contribution in [0.25, 0.3) is 0 Å². The van der Waals surface area contributed by atoms with Crippen LogP contribution in [0, 0.1) is 19.8 Å². The van der Waals surface area contributed by atoms with Gasteiger partial charge in [-0.05, 0) is 77.3 Å². The van der Waals surface area contributed by atoms with Crippen LogP contribution >= 0.6 is 11.6 Å². The van der Waals surface area contributed by atoms with Gasteiger partial charge in [0.25, 0.3) is 0 Å². The zero-order valence-electron chi connectivity index (χ0n) is 16.3. The largest absolute Gasteiger partial charge is 0.313 e. The summed E-state index contributed by atoms with van der Waals surface area (Å²) in [5, 5.41) is 9.18. The van der Waals surface area contributed by atoms with Crippen molar-refractivity contribution in [2.45, 2.75) is 46.2 Å². The first-order chi connectivity index (χ1) is 12.5. The number of nitrogens with one attached hydrogen (secondary N) is 1. The normalized spacial score (nSPS) is 16.3. The molecule has 0 radical (unpaired) electrons. The van der Waals surface area contributed by atoms with Gasteiger partial charge >= 0.3 is 0 Å². The number of hydrogen-bond donors (Lipinski definition) is 1. The van der Waals surface area contributed by atoms with Crippen molar-refractivity contribution in [1.82, 2.24) is 20.0 Å². The molecule has 1 aliphatic heterocycles. The van der Waals surface area contributed by atoms with Crippen molar-refractivity contribution in [3.05, 3.63) is 51.8 Å². The van der Waals surface area contributed by atoms with E-state index in [4.69, 9.17) is 16.7 Å². The number of hydrogen-bond acceptors (Lipinski definition) is 3. The van der Waals surface area contributed by atoms with E-state index in [2.05, 4.69) is 41.9 Å². The van der Waals surface area contributed by atoms with Crippen LogP contribution in [0.1, 0.15) is 41.8 Å². The van der Waals surface area contributed by atoms with E-state index in [1.54, 1.807) is 0 Å². The van der Waals surface area contributed by atoms with E-state index >= 15 is 0 Å². The third-order valence-electron chi connectivity index (χ3n) is 5.68. The Morgan fingerprint density at radius 2 is 1.92 bits per heavy atom. The minimum atomic E-state index is 0.724. The number of benzene rings is 1. The Hall–Kier alpha value is -1.36. The summed E-state index contributed by atoms with van der Waals surface area (Å²) < 4.78 is 2.07. The fraction of sp³-hybridized carbons (Fsp3) is 0.571. The Morgan fingerprint density at radius 1 is 1.19 bits per heavy atom. The molecular formula is C21H31ClN4. The molecular weight excluding hydrogens is 344 g/mol. The molecule has 5 heteroatoms. The molecule has 0 amide bonds. The molecule has 0 saturated carbocycles. The van der Waals surface area contributed by atoms with E-state index in [1.165, 1.54) is 43.6 Å². The number of rotatable bonds is 7. The number of nitrogens with zero attached hydrogens (tertiary/aromatic N) is 3. The lowest BCUT2D eigenvalue weighted by Crippen LogP contribution is -2.31. The third-order valence-corrected chi connectivity index (χ3v) is 6.05. The van der Waals surface area contributed by atoms with Crippen LogP contribution in [-0.2, 0) is 13.1 Å². The lowest BCUT2D eigenvalue weighted by atomic mass is 9.94. The number of likely N-dealkylation sites (tertiary alicyclic amines) is 1. The maximum Gasteiger partial charge on any atom is 0.0677 e. The number of halogens is 1. The lowest BCUT2D eigenvalue weighted by molar-refractivity contribution is 0.211. The number of aromatic nitrogens is 2. The zero-order chi connectivity index (χ0) is 18.5. The maximum atomic E-state index is 6.30. The molecule has 1 saturated heterocycles. The van der Waals surface area contributed by atoms with Gasteiger partial charge in [-0.25, -0.2) is 0 Å². The summed E-state index contributed by atoms with van der Waals surface area (Å²) >= 11 is 6.30. The average Bonchev–Trinajstić information content (AvgIpc) is 2.89. The predicted molar refractivity (Wildman–Crippen MR) is 109 cm³/mol. The highest BCUT2D eigenvalue weighted by atomic mass is 35.5. The van der Waals surface area contributed by atoms with Gasteiger partial charge in [0.2, 0.25) is 0 Å². The molecule has 4 nitrogen and oxygen atoms in total. The summed E-state index contributed by atoms with van der Waals surface area (Å²) in [6.45, 7) is 9.46. The van der Waals surface area contributed by atoms with E-state index in [9.17, 15) is 0 Å². The molecule has 1 aromatic carbocycles. The standard InChI is InChI=1S/C21H31ClN4/c1-16-20(14-23-11-8-18-9-12-25(3)13-10-18)17(2)26(24-16)15-19-6-4-5-7-21(19)22/h4-7,18,23H,8-15H2,1-3H3. The van der Waals surface area contributed by atoms with Crippen LogP contribution in [0.15, 0.2) is 24.3 Å². The Labute approximate surface area is 162 Å². The minimum Gasteiger partial charge on any atom is -0.313 e. The molecule has 0 unspecified atom stereocenters. The lowest BCUT2D eigenvalue weighted by Gasteiger charge is -2.28. The monoisotopic (exact) mass is 374 g/mol. The molecule has 3 rings (SSSR count). The highest BCUT2D eigenvalue weighted by Gasteiger charge is 2.16. The quantitative estimate of drug-likeness (QED) is 0.743. The van der Waals surface area contributed by atoms with E-state index in [0.29, 0.717) is 0 Å². The second-order valence-electron chi connectivity index (χ2n) is 7.61. The Morgan fingerprint density at radius 3 is 2.65 bits per heavy atom. The molecule has 1 aromatic heterocycles. The van der Waals surface area contributed by atoms with Gasteiger partial charge in [-0.3, -0.25) is 4.68 Å². The van der Waals surface area contributed by atoms with Crippen molar-refractivity contribution < 1.29 is 0 Å². The highest BCUT2D eigenvalue weighted by Crippen LogP contribution is 2.20. The van der Waals surface area contributed by atoms with Crippen molar-refractivity contribution in [3.8, 4) is 0 Å². The molecule has 2 aromatic rings. The molecule has 1 N–H and O–H groups in total. The topological polar surface area (TPSA) is 33.1 Å². The van der Waals surface area contributed by atoms with Crippen molar-refractivity contribution in [2.24, 2.45) is 5.92 Å². The van der Waals surface area contributed by atoms with Gasteiger partial charge in [-0.1, -0.05) is 29.8 Å². The highest BCUT2D eigenvalue weighted by molar-refractivity contribution is 6.31. The summed E-state index contributed by atoms with van der Waals surface area (Å²) in [5.74, 6) is 0.879. The molecule has 0 atom stereocenters. The zero-order valence-corrected chi connectivity index (χ0v) is 17.0. The molecule has 0 bridgehead atoms. The third kappa shape index (κ3) is 4.87. The van der Waals surface area contributed by atoms with Gasteiger partial charge in [0, 0.05) is 22.8 Å². The predicted octanol–water partition coefficient (Wildman–Crippen LogP) is 4.02. The first kappa shape index (κ1) is 19.4. The SMILES string of the molecule is Cc1nn(Cc2ccccc2Cl)c(C)c1CNCCC1CCN(C)CC1. The maximum absolute atomic E-state index is 6.30. The van der Waals surface area contributed by atoms with Crippen LogP contribution in [0.3, 0.4) is 0 Å². The second kappa shape index (κ2) is 9.03. The molecule has 0 spiro atoms. The second-order valence-corrected chi connectivity index (χ2v) is 8.02. The minimum absolute atomic E-state index is 0.724. The average molecular weight is 375 g/mol. The van der Waals surface area contributed by atoms with Crippen LogP contribution in [-0.4, -0.2) is 41.4 Å². The Kier molecular flexibility index (Phi) is 6.74. The summed E-state index contributed by atoms with van der Waals surface area (Å²) in [5.41, 5.74) is 4.78. The summed E-state index contributed by atoms with van der Waals surface area (Å²) in [6, 6.07) is 8.00. The van der Waals surface area contributed by atoms with E-state index < -0.39 is 0 Å². The van der Waals surface area contributed by atoms with E-state index in [0.717, 1.165) is 41.8 Å². The number of piperidine rings is 1. The van der Waals surface area contributed by atoms with Crippen molar-refractivity contribution >= 4 is 11.6 Å². The smallest absolute Gasteiger partial charge is 0.0677 e. The first-order valence-electron chi connectivity index (χ1n) is 9.70. The van der Waals surface area contributed by atoms with Crippen LogP contribution < -0.4 is 5.32 Å². The van der Waals surface area contributed by atoms with Gasteiger partial charge in [0.1, 0.15) is 0 Å². The Balaban J connectivity index is 1.52. The molecule has 1 fully saturated rings. The van der Waals surface area contributed by atoms with Gasteiger partial charge < -0.3 is 10.2 Å². The van der Waals surface area contributed by atoms with Gasteiger partial charge in [0.15, 0.2) is 0 Å². The molecule has 2 heterocycles. The molecule has 142 valence electrons. The van der Waals surface area contributed by atoms with Gasteiger partial charge in [0.05, 0.1) is 12.2 Å². The van der Waals surface area contributed by atoms with Gasteiger partial charge in [-0.15, -0.1) is 0 Å². The summed E-state index contributed by atoms with van der Waals surface area (Å²) in [7, 11) is 2.22. The van der Waals surface area contributed by atoms with E-state index in [-0.39, 0.29) is 0 Å². The fourth-order valence-corrected chi connectivity index (χ4v) is 4.00. The van der Waals surface area contributed by atoms with Crippen LogP contribution in [0.2, 0.25) is 5.02 Å².